The van der Waals surface area contributed by atoms with Crippen molar-refractivity contribution in [3.63, 3.8) is 0 Å². The highest BCUT2D eigenvalue weighted by Gasteiger charge is 2.30. The zero-order valence-electron chi connectivity index (χ0n) is 14.2. The van der Waals surface area contributed by atoms with Crippen LogP contribution in [0.25, 0.3) is 0 Å². The summed E-state index contributed by atoms with van der Waals surface area (Å²) >= 11 is 0. The van der Waals surface area contributed by atoms with E-state index < -0.39 is 0 Å². The van der Waals surface area contributed by atoms with E-state index in [4.69, 9.17) is 4.74 Å². The third-order valence-electron chi connectivity index (χ3n) is 4.14. The maximum atomic E-state index is 12.3. The Hall–Kier alpha value is -0.830. The van der Waals surface area contributed by atoms with Gasteiger partial charge in [-0.3, -0.25) is 9.79 Å². The molecule has 2 fully saturated rings. The molecule has 2 aliphatic heterocycles. The van der Waals surface area contributed by atoms with Crippen LogP contribution in [0.15, 0.2) is 17.1 Å². The summed E-state index contributed by atoms with van der Waals surface area (Å²) < 4.78 is 5.49. The lowest BCUT2D eigenvalue weighted by atomic mass is 10.2. The number of allylic oxidation sites excluding steroid dienone is 1. The number of rotatable bonds is 4. The van der Waals surface area contributed by atoms with Gasteiger partial charge in [0.05, 0.1) is 0 Å². The number of ether oxygens (including phenoxy) is 1. The van der Waals surface area contributed by atoms with E-state index in [9.17, 15) is 4.79 Å². The normalized spacial score (nSPS) is 22.3. The van der Waals surface area contributed by atoms with Gasteiger partial charge in [-0.05, 0) is 26.2 Å². The van der Waals surface area contributed by atoms with Crippen LogP contribution in [-0.4, -0.2) is 74.1 Å². The van der Waals surface area contributed by atoms with E-state index in [0.717, 1.165) is 64.6 Å². The van der Waals surface area contributed by atoms with Gasteiger partial charge in [0, 0.05) is 46.4 Å². The number of hydrogen-bond acceptors (Lipinski definition) is 3. The van der Waals surface area contributed by atoms with Gasteiger partial charge in [0.15, 0.2) is 5.96 Å². The van der Waals surface area contributed by atoms with Gasteiger partial charge in [-0.2, -0.15) is 0 Å². The van der Waals surface area contributed by atoms with Crippen molar-refractivity contribution >= 4 is 35.8 Å². The fourth-order valence-corrected chi connectivity index (χ4v) is 2.88. The van der Waals surface area contributed by atoms with E-state index in [0.29, 0.717) is 0 Å². The highest BCUT2D eigenvalue weighted by Crippen LogP contribution is 2.16. The first-order valence-corrected chi connectivity index (χ1v) is 8.23. The van der Waals surface area contributed by atoms with Crippen molar-refractivity contribution in [1.29, 1.82) is 0 Å². The van der Waals surface area contributed by atoms with E-state index in [1.54, 1.807) is 0 Å². The molecule has 0 aromatic carbocycles. The first-order valence-electron chi connectivity index (χ1n) is 8.23. The molecule has 0 aromatic rings. The number of guanidine groups is 1. The van der Waals surface area contributed by atoms with Gasteiger partial charge < -0.3 is 19.9 Å². The van der Waals surface area contributed by atoms with E-state index in [2.05, 4.69) is 27.4 Å². The SMILES string of the molecule is CC=CCCNC(=NC)N1CCN(C(=O)C2CCCO2)CC1.I. The number of nitrogens with one attached hydrogen (secondary N) is 1. The summed E-state index contributed by atoms with van der Waals surface area (Å²) in [4.78, 5) is 20.8. The van der Waals surface area contributed by atoms with E-state index in [1.165, 1.54) is 0 Å². The molecule has 132 valence electrons. The summed E-state index contributed by atoms with van der Waals surface area (Å²) in [6.07, 6.45) is 6.85. The van der Waals surface area contributed by atoms with Crippen LogP contribution >= 0.6 is 24.0 Å². The van der Waals surface area contributed by atoms with E-state index in [-0.39, 0.29) is 36.0 Å². The molecule has 1 atom stereocenters. The topological polar surface area (TPSA) is 57.2 Å². The predicted molar refractivity (Wildman–Crippen MR) is 103 cm³/mol. The van der Waals surface area contributed by atoms with Gasteiger partial charge in [0.2, 0.25) is 0 Å². The minimum atomic E-state index is -0.204. The smallest absolute Gasteiger partial charge is 0.251 e. The molecule has 1 unspecified atom stereocenters. The largest absolute Gasteiger partial charge is 0.368 e. The molecule has 6 nitrogen and oxygen atoms in total. The Morgan fingerprint density at radius 1 is 1.30 bits per heavy atom. The van der Waals surface area contributed by atoms with Crippen LogP contribution < -0.4 is 5.32 Å². The summed E-state index contributed by atoms with van der Waals surface area (Å²) in [6, 6.07) is 0. The second kappa shape index (κ2) is 10.9. The van der Waals surface area contributed by atoms with E-state index >= 15 is 0 Å². The summed E-state index contributed by atoms with van der Waals surface area (Å²) in [6.45, 7) is 6.76. The van der Waals surface area contributed by atoms with Gasteiger partial charge in [-0.1, -0.05) is 12.2 Å². The van der Waals surface area contributed by atoms with Crippen LogP contribution in [0.4, 0.5) is 0 Å². The zero-order valence-corrected chi connectivity index (χ0v) is 16.5. The predicted octanol–water partition coefficient (Wildman–Crippen LogP) is 1.47. The number of amides is 1. The van der Waals surface area contributed by atoms with Crippen LogP contribution in [0.1, 0.15) is 26.2 Å². The Labute approximate surface area is 156 Å². The first kappa shape index (κ1) is 20.2. The average molecular weight is 436 g/mol. The molecule has 2 saturated heterocycles. The molecule has 2 heterocycles. The molecule has 1 amide bonds. The van der Waals surface area contributed by atoms with Crippen molar-refractivity contribution in [2.45, 2.75) is 32.3 Å². The van der Waals surface area contributed by atoms with Crippen molar-refractivity contribution in [3.8, 4) is 0 Å². The maximum absolute atomic E-state index is 12.3. The summed E-state index contributed by atoms with van der Waals surface area (Å²) in [7, 11) is 1.81. The molecular formula is C16H29IN4O2. The molecule has 0 aromatic heterocycles. The van der Waals surface area contributed by atoms with Crippen LogP contribution in [0.2, 0.25) is 0 Å². The van der Waals surface area contributed by atoms with Crippen LogP contribution in [0, 0.1) is 0 Å². The maximum Gasteiger partial charge on any atom is 0.251 e. The quantitative estimate of drug-likeness (QED) is 0.239. The molecule has 2 rings (SSSR count). The van der Waals surface area contributed by atoms with E-state index in [1.807, 2.05) is 18.9 Å². The Morgan fingerprint density at radius 3 is 2.57 bits per heavy atom. The van der Waals surface area contributed by atoms with Crippen molar-refractivity contribution in [2.75, 3.05) is 46.4 Å². The van der Waals surface area contributed by atoms with Crippen LogP contribution in [0.5, 0.6) is 0 Å². The summed E-state index contributed by atoms with van der Waals surface area (Å²) in [5.41, 5.74) is 0. The number of piperazine rings is 1. The molecule has 2 aliphatic rings. The molecule has 23 heavy (non-hydrogen) atoms. The lowest BCUT2D eigenvalue weighted by Crippen LogP contribution is -2.55. The summed E-state index contributed by atoms with van der Waals surface area (Å²) in [5.74, 6) is 1.09. The third-order valence-corrected chi connectivity index (χ3v) is 4.14. The Balaban J connectivity index is 0.00000264. The molecule has 0 radical (unpaired) electrons. The third kappa shape index (κ3) is 5.95. The van der Waals surface area contributed by atoms with Gasteiger partial charge in [0.25, 0.3) is 5.91 Å². The van der Waals surface area contributed by atoms with Gasteiger partial charge >= 0.3 is 0 Å². The Bertz CT molecular complexity index is 414. The second-order valence-electron chi connectivity index (χ2n) is 5.65. The highest BCUT2D eigenvalue weighted by atomic mass is 127. The molecule has 7 heteroatoms. The lowest BCUT2D eigenvalue weighted by Gasteiger charge is -2.37. The first-order chi connectivity index (χ1) is 10.8. The van der Waals surface area contributed by atoms with Crippen LogP contribution in [-0.2, 0) is 9.53 Å². The molecule has 0 saturated carbocycles. The standard InChI is InChI=1S/C16H28N4O2.HI/c1-3-4-5-8-18-16(17-2)20-11-9-19(10-12-20)15(21)14-7-6-13-22-14;/h3-4,14H,5-13H2,1-2H3,(H,17,18);1H. The molecule has 1 N–H and O–H groups in total. The summed E-state index contributed by atoms with van der Waals surface area (Å²) in [5, 5.41) is 3.37. The molecule has 0 bridgehead atoms. The van der Waals surface area contributed by atoms with Crippen LogP contribution in [0.3, 0.4) is 0 Å². The van der Waals surface area contributed by atoms with Crippen molar-refractivity contribution in [1.82, 2.24) is 15.1 Å². The minimum Gasteiger partial charge on any atom is -0.368 e. The number of aliphatic imine (C=N–C) groups is 1. The minimum absolute atomic E-state index is 0. The molecule has 0 aliphatic carbocycles. The lowest BCUT2D eigenvalue weighted by molar-refractivity contribution is -0.142. The highest BCUT2D eigenvalue weighted by molar-refractivity contribution is 14.0. The van der Waals surface area contributed by atoms with Crippen molar-refractivity contribution in [2.24, 2.45) is 4.99 Å². The number of hydrogen-bond donors (Lipinski definition) is 1. The van der Waals surface area contributed by atoms with Crippen molar-refractivity contribution in [3.05, 3.63) is 12.2 Å². The fourth-order valence-electron chi connectivity index (χ4n) is 2.88. The second-order valence-corrected chi connectivity index (χ2v) is 5.65. The number of nitrogens with zero attached hydrogens (tertiary/aromatic N) is 3. The molecule has 0 spiro atoms. The number of carbonyl (C=O) groups excluding carboxylic acids is 1. The number of halogens is 1. The van der Waals surface area contributed by atoms with Gasteiger partial charge in [0.1, 0.15) is 6.10 Å². The van der Waals surface area contributed by atoms with Gasteiger partial charge in [-0.25, -0.2) is 0 Å². The zero-order chi connectivity index (χ0) is 15.8. The number of carbonyl (C=O) groups is 1. The average Bonchev–Trinajstić information content (AvgIpc) is 3.09. The fraction of sp³-hybridized carbons (Fsp3) is 0.750. The molecular weight excluding hydrogens is 407 g/mol. The Kier molecular flexibility index (Phi) is 9.54. The van der Waals surface area contributed by atoms with Crippen molar-refractivity contribution < 1.29 is 9.53 Å². The monoisotopic (exact) mass is 436 g/mol. The Morgan fingerprint density at radius 2 is 2.00 bits per heavy atom. The van der Waals surface area contributed by atoms with Gasteiger partial charge in [-0.15, -0.1) is 24.0 Å².